The highest BCUT2D eigenvalue weighted by Crippen LogP contribution is 2.26. The highest BCUT2D eigenvalue weighted by atomic mass is 16.5. The van der Waals surface area contributed by atoms with Crippen LogP contribution in [0.15, 0.2) is 36.4 Å². The zero-order chi connectivity index (χ0) is 14.0. The van der Waals surface area contributed by atoms with Gasteiger partial charge in [0.25, 0.3) is 0 Å². The molecule has 2 rings (SSSR count). The maximum Gasteiger partial charge on any atom is 0.142 e. The molecule has 2 aromatic rings. The average molecular weight is 256 g/mol. The lowest BCUT2D eigenvalue weighted by molar-refractivity contribution is -0.123. The number of methoxy groups -OCH3 is 1. The Morgan fingerprint density at radius 2 is 1.63 bits per heavy atom. The van der Waals surface area contributed by atoms with E-state index in [1.54, 1.807) is 7.11 Å². The van der Waals surface area contributed by atoms with Crippen LogP contribution in [0.3, 0.4) is 0 Å². The van der Waals surface area contributed by atoms with Crippen LogP contribution in [0.4, 0.5) is 0 Å². The molecule has 1 unspecified atom stereocenters. The minimum atomic E-state index is -0.0495. The number of rotatable bonds is 4. The van der Waals surface area contributed by atoms with Crippen LogP contribution in [0, 0.1) is 5.92 Å². The summed E-state index contributed by atoms with van der Waals surface area (Å²) in [6.07, 6.45) is 0. The first-order valence-corrected chi connectivity index (χ1v) is 6.64. The fourth-order valence-corrected chi connectivity index (χ4v) is 2.30. The Balaban J connectivity index is 2.39. The maximum absolute atomic E-state index is 12.1. The summed E-state index contributed by atoms with van der Waals surface area (Å²) in [5, 5.41) is 2.27. The van der Waals surface area contributed by atoms with Crippen molar-refractivity contribution >= 4 is 16.6 Å². The second kappa shape index (κ2) is 5.43. The van der Waals surface area contributed by atoms with E-state index in [9.17, 15) is 4.79 Å². The van der Waals surface area contributed by atoms with E-state index in [1.165, 1.54) is 0 Å². The third kappa shape index (κ3) is 2.78. The number of hydrogen-bond donors (Lipinski definition) is 0. The van der Waals surface area contributed by atoms with Crippen molar-refractivity contribution in [1.29, 1.82) is 0 Å². The molecule has 2 aromatic carbocycles. The van der Waals surface area contributed by atoms with Crippen molar-refractivity contribution < 1.29 is 9.53 Å². The van der Waals surface area contributed by atoms with Crippen LogP contribution in [0.5, 0.6) is 5.75 Å². The van der Waals surface area contributed by atoms with E-state index >= 15 is 0 Å². The van der Waals surface area contributed by atoms with Crippen LogP contribution in [-0.2, 0) is 4.79 Å². The zero-order valence-corrected chi connectivity index (χ0v) is 11.9. The summed E-state index contributed by atoms with van der Waals surface area (Å²) in [5.74, 6) is 1.16. The van der Waals surface area contributed by atoms with Crippen LogP contribution < -0.4 is 4.74 Å². The molecule has 0 aliphatic rings. The summed E-state index contributed by atoms with van der Waals surface area (Å²) in [4.78, 5) is 12.1. The number of Topliss-reactive ketones (excluding diaryl/α,β-unsaturated/α-hetero) is 1. The zero-order valence-electron chi connectivity index (χ0n) is 11.9. The Labute approximate surface area is 114 Å². The molecule has 0 fully saturated rings. The van der Waals surface area contributed by atoms with E-state index in [-0.39, 0.29) is 17.6 Å². The highest BCUT2D eigenvalue weighted by molar-refractivity contribution is 5.90. The highest BCUT2D eigenvalue weighted by Gasteiger charge is 2.18. The SMILES string of the molecule is COc1ccc2cc(C(C)C(=O)C(C)C)ccc2c1. The topological polar surface area (TPSA) is 26.3 Å². The van der Waals surface area contributed by atoms with Crippen LogP contribution in [-0.4, -0.2) is 12.9 Å². The third-order valence-corrected chi connectivity index (χ3v) is 3.57. The minimum absolute atomic E-state index is 0.0495. The molecule has 0 bridgehead atoms. The number of carbonyl (C=O) groups excluding carboxylic acids is 1. The largest absolute Gasteiger partial charge is 0.497 e. The van der Waals surface area contributed by atoms with E-state index < -0.39 is 0 Å². The lowest BCUT2D eigenvalue weighted by Gasteiger charge is -2.14. The minimum Gasteiger partial charge on any atom is -0.497 e. The van der Waals surface area contributed by atoms with Crippen molar-refractivity contribution in [1.82, 2.24) is 0 Å². The lowest BCUT2D eigenvalue weighted by Crippen LogP contribution is -2.15. The van der Waals surface area contributed by atoms with Gasteiger partial charge >= 0.3 is 0 Å². The van der Waals surface area contributed by atoms with Crippen molar-refractivity contribution in [3.05, 3.63) is 42.0 Å². The van der Waals surface area contributed by atoms with Crippen molar-refractivity contribution in [3.63, 3.8) is 0 Å². The van der Waals surface area contributed by atoms with Gasteiger partial charge < -0.3 is 4.74 Å². The van der Waals surface area contributed by atoms with E-state index in [0.717, 1.165) is 22.1 Å². The van der Waals surface area contributed by atoms with Gasteiger partial charge in [0.1, 0.15) is 11.5 Å². The van der Waals surface area contributed by atoms with Crippen LogP contribution >= 0.6 is 0 Å². The Kier molecular flexibility index (Phi) is 3.89. The molecule has 0 aliphatic heterocycles. The Morgan fingerprint density at radius 1 is 1.00 bits per heavy atom. The summed E-state index contributed by atoms with van der Waals surface area (Å²) in [6.45, 7) is 5.88. The number of hydrogen-bond acceptors (Lipinski definition) is 2. The number of benzene rings is 2. The summed E-state index contributed by atoms with van der Waals surface area (Å²) in [6, 6.07) is 12.2. The molecule has 0 spiro atoms. The number of carbonyl (C=O) groups is 1. The quantitative estimate of drug-likeness (QED) is 0.820. The second-order valence-electron chi connectivity index (χ2n) is 5.25. The van der Waals surface area contributed by atoms with Crippen molar-refractivity contribution in [3.8, 4) is 5.75 Å². The normalized spacial score (nSPS) is 12.7. The molecule has 0 aromatic heterocycles. The molecular formula is C17H20O2. The summed E-state index contributed by atoms with van der Waals surface area (Å²) >= 11 is 0. The Morgan fingerprint density at radius 3 is 2.26 bits per heavy atom. The first-order valence-electron chi connectivity index (χ1n) is 6.64. The van der Waals surface area contributed by atoms with Gasteiger partial charge in [0, 0.05) is 11.8 Å². The molecule has 0 saturated heterocycles. The van der Waals surface area contributed by atoms with Gasteiger partial charge in [-0.1, -0.05) is 45.0 Å². The fourth-order valence-electron chi connectivity index (χ4n) is 2.30. The third-order valence-electron chi connectivity index (χ3n) is 3.57. The predicted octanol–water partition coefficient (Wildman–Crippen LogP) is 4.18. The molecule has 0 amide bonds. The standard InChI is InChI=1S/C17H20O2/c1-11(2)17(18)12(3)13-5-6-15-10-16(19-4)8-7-14(15)9-13/h5-12H,1-4H3. The van der Waals surface area contributed by atoms with Gasteiger partial charge in [-0.2, -0.15) is 0 Å². The average Bonchev–Trinajstić information content (AvgIpc) is 2.44. The van der Waals surface area contributed by atoms with Gasteiger partial charge in [-0.3, -0.25) is 4.79 Å². The number of ether oxygens (including phenoxy) is 1. The molecule has 0 saturated carbocycles. The molecule has 0 heterocycles. The van der Waals surface area contributed by atoms with E-state index in [2.05, 4.69) is 12.1 Å². The fraction of sp³-hybridized carbons (Fsp3) is 0.353. The summed E-state index contributed by atoms with van der Waals surface area (Å²) < 4.78 is 5.22. The maximum atomic E-state index is 12.1. The molecule has 0 radical (unpaired) electrons. The molecular weight excluding hydrogens is 236 g/mol. The Hall–Kier alpha value is -1.83. The molecule has 0 aliphatic carbocycles. The van der Waals surface area contributed by atoms with Gasteiger partial charge in [-0.05, 0) is 28.5 Å². The van der Waals surface area contributed by atoms with Crippen LogP contribution in [0.1, 0.15) is 32.3 Å². The second-order valence-corrected chi connectivity index (χ2v) is 5.25. The first kappa shape index (κ1) is 13.6. The number of ketones is 1. The van der Waals surface area contributed by atoms with E-state index in [1.807, 2.05) is 45.0 Å². The molecule has 19 heavy (non-hydrogen) atoms. The van der Waals surface area contributed by atoms with Crippen molar-refractivity contribution in [2.45, 2.75) is 26.7 Å². The van der Waals surface area contributed by atoms with Crippen molar-refractivity contribution in [2.75, 3.05) is 7.11 Å². The molecule has 1 atom stereocenters. The molecule has 0 N–H and O–H groups in total. The monoisotopic (exact) mass is 256 g/mol. The number of fused-ring (bicyclic) bond motifs is 1. The van der Waals surface area contributed by atoms with Gasteiger partial charge in [0.15, 0.2) is 0 Å². The lowest BCUT2D eigenvalue weighted by atomic mass is 9.89. The molecule has 100 valence electrons. The van der Waals surface area contributed by atoms with Crippen LogP contribution in [0.25, 0.3) is 10.8 Å². The van der Waals surface area contributed by atoms with Crippen molar-refractivity contribution in [2.24, 2.45) is 5.92 Å². The van der Waals surface area contributed by atoms with Gasteiger partial charge in [0.05, 0.1) is 7.11 Å². The predicted molar refractivity (Wildman–Crippen MR) is 78.8 cm³/mol. The Bertz CT molecular complexity index is 599. The summed E-state index contributed by atoms with van der Waals surface area (Å²) in [5.41, 5.74) is 1.08. The van der Waals surface area contributed by atoms with E-state index in [4.69, 9.17) is 4.74 Å². The molecule has 2 nitrogen and oxygen atoms in total. The first-order chi connectivity index (χ1) is 9.02. The van der Waals surface area contributed by atoms with Gasteiger partial charge in [-0.25, -0.2) is 0 Å². The van der Waals surface area contributed by atoms with Gasteiger partial charge in [-0.15, -0.1) is 0 Å². The van der Waals surface area contributed by atoms with E-state index in [0.29, 0.717) is 0 Å². The smallest absolute Gasteiger partial charge is 0.142 e. The molecule has 2 heteroatoms. The summed E-state index contributed by atoms with van der Waals surface area (Å²) in [7, 11) is 1.67. The van der Waals surface area contributed by atoms with Crippen LogP contribution in [0.2, 0.25) is 0 Å². The van der Waals surface area contributed by atoms with Gasteiger partial charge in [0.2, 0.25) is 0 Å².